The predicted octanol–water partition coefficient (Wildman–Crippen LogP) is 2.05. The van der Waals surface area contributed by atoms with E-state index in [9.17, 15) is 13.2 Å². The predicted molar refractivity (Wildman–Crippen MR) is 76.9 cm³/mol. The molecule has 1 N–H and O–H groups in total. The van der Waals surface area contributed by atoms with Gasteiger partial charge in [0, 0.05) is 26.2 Å². The molecule has 0 aromatic heterocycles. The Morgan fingerprint density at radius 2 is 2.23 bits per heavy atom. The normalized spacial score (nSPS) is 20.1. The third kappa shape index (κ3) is 6.21. The number of halogens is 3. The van der Waals surface area contributed by atoms with Crippen molar-refractivity contribution >= 4 is 0 Å². The van der Waals surface area contributed by atoms with Crippen molar-refractivity contribution in [2.75, 3.05) is 39.9 Å². The van der Waals surface area contributed by atoms with Crippen molar-refractivity contribution in [2.45, 2.75) is 18.8 Å². The molecule has 4 nitrogen and oxygen atoms in total. The van der Waals surface area contributed by atoms with Gasteiger partial charge in [-0.15, -0.1) is 0 Å². The van der Waals surface area contributed by atoms with Gasteiger partial charge in [0.15, 0.2) is 6.61 Å². The molecule has 22 heavy (non-hydrogen) atoms. The summed E-state index contributed by atoms with van der Waals surface area (Å²) >= 11 is 0. The number of alkyl halides is 3. The third-order valence-electron chi connectivity index (χ3n) is 3.34. The van der Waals surface area contributed by atoms with Crippen LogP contribution >= 0.6 is 0 Å². The Morgan fingerprint density at radius 3 is 2.95 bits per heavy atom. The molecule has 0 saturated carbocycles. The zero-order chi connectivity index (χ0) is 16.0. The monoisotopic (exact) mass is 318 g/mol. The lowest BCUT2D eigenvalue weighted by Gasteiger charge is -2.30. The molecule has 0 unspecified atom stereocenters. The zero-order valence-corrected chi connectivity index (χ0v) is 12.5. The molecule has 1 aromatic rings. The Balaban J connectivity index is 1.75. The summed E-state index contributed by atoms with van der Waals surface area (Å²) in [6, 6.07) is 6.68. The number of benzene rings is 1. The van der Waals surface area contributed by atoms with Crippen LogP contribution in [-0.2, 0) is 11.3 Å². The average molecular weight is 318 g/mol. The topological polar surface area (TPSA) is 33.7 Å². The molecule has 1 heterocycles. The molecule has 0 bridgehead atoms. The molecular formula is C15H21F3N2O2. The van der Waals surface area contributed by atoms with Crippen molar-refractivity contribution in [3.63, 3.8) is 0 Å². The van der Waals surface area contributed by atoms with E-state index in [0.717, 1.165) is 25.3 Å². The first-order valence-electron chi connectivity index (χ1n) is 7.22. The minimum Gasteiger partial charge on any atom is -0.484 e. The molecule has 7 heteroatoms. The van der Waals surface area contributed by atoms with E-state index in [-0.39, 0.29) is 11.9 Å². The molecule has 0 spiro atoms. The maximum absolute atomic E-state index is 12.1. The van der Waals surface area contributed by atoms with Crippen molar-refractivity contribution in [2.24, 2.45) is 0 Å². The Kier molecular flexibility index (Phi) is 6.05. The van der Waals surface area contributed by atoms with Gasteiger partial charge in [0.2, 0.25) is 0 Å². The number of rotatable bonds is 6. The van der Waals surface area contributed by atoms with E-state index in [1.807, 2.05) is 6.07 Å². The van der Waals surface area contributed by atoms with Crippen LogP contribution in [0.25, 0.3) is 0 Å². The highest BCUT2D eigenvalue weighted by Crippen LogP contribution is 2.19. The molecule has 1 fully saturated rings. The van der Waals surface area contributed by atoms with Crippen LogP contribution in [0.4, 0.5) is 13.2 Å². The summed E-state index contributed by atoms with van der Waals surface area (Å²) < 4.78 is 46.7. The standard InChI is InChI=1S/C15H21F3N2O2/c1-20-5-6-21-14(10-20)9-19-8-12-3-2-4-13(7-12)22-11-15(16,17)18/h2-4,7,14,19H,5-6,8-11H2,1H3/t14-/m0/s1. The van der Waals surface area contributed by atoms with Crippen molar-refractivity contribution in [1.29, 1.82) is 0 Å². The number of ether oxygens (including phenoxy) is 2. The highest BCUT2D eigenvalue weighted by Gasteiger charge is 2.28. The Hall–Kier alpha value is -1.31. The van der Waals surface area contributed by atoms with Crippen molar-refractivity contribution < 1.29 is 22.6 Å². The first kappa shape index (κ1) is 17.1. The molecule has 2 rings (SSSR count). The Labute approximate surface area is 128 Å². The highest BCUT2D eigenvalue weighted by atomic mass is 19.4. The molecule has 1 aliphatic heterocycles. The van der Waals surface area contributed by atoms with Gasteiger partial charge in [-0.3, -0.25) is 0 Å². The summed E-state index contributed by atoms with van der Waals surface area (Å²) in [7, 11) is 2.05. The van der Waals surface area contributed by atoms with Gasteiger partial charge in [-0.25, -0.2) is 0 Å². The van der Waals surface area contributed by atoms with Crippen molar-refractivity contribution in [3.8, 4) is 5.75 Å². The number of likely N-dealkylation sites (N-methyl/N-ethyl adjacent to an activating group) is 1. The molecule has 0 radical (unpaired) electrons. The quantitative estimate of drug-likeness (QED) is 0.870. The van der Waals surface area contributed by atoms with Gasteiger partial charge in [-0.1, -0.05) is 12.1 Å². The summed E-state index contributed by atoms with van der Waals surface area (Å²) in [5, 5.41) is 3.26. The smallest absolute Gasteiger partial charge is 0.422 e. The summed E-state index contributed by atoms with van der Waals surface area (Å²) in [6.07, 6.45) is -4.18. The van der Waals surface area contributed by atoms with Gasteiger partial charge in [-0.2, -0.15) is 13.2 Å². The third-order valence-corrected chi connectivity index (χ3v) is 3.34. The highest BCUT2D eigenvalue weighted by molar-refractivity contribution is 5.28. The van der Waals surface area contributed by atoms with Gasteiger partial charge < -0.3 is 19.7 Å². The molecule has 1 aliphatic rings. The SMILES string of the molecule is CN1CCO[C@@H](CNCc2cccc(OCC(F)(F)F)c2)C1. The lowest BCUT2D eigenvalue weighted by Crippen LogP contribution is -2.44. The van der Waals surface area contributed by atoms with Crippen LogP contribution in [0, 0.1) is 0 Å². The van der Waals surface area contributed by atoms with Gasteiger partial charge in [0.1, 0.15) is 5.75 Å². The molecule has 0 aliphatic carbocycles. The lowest BCUT2D eigenvalue weighted by molar-refractivity contribution is -0.153. The average Bonchev–Trinajstić information content (AvgIpc) is 2.45. The first-order valence-corrected chi connectivity index (χ1v) is 7.22. The van der Waals surface area contributed by atoms with Crippen LogP contribution in [0.1, 0.15) is 5.56 Å². The number of morpholine rings is 1. The van der Waals surface area contributed by atoms with E-state index >= 15 is 0 Å². The molecule has 1 atom stereocenters. The maximum Gasteiger partial charge on any atom is 0.422 e. The second-order valence-electron chi connectivity index (χ2n) is 5.44. The fraction of sp³-hybridized carbons (Fsp3) is 0.600. The van der Waals surface area contributed by atoms with Crippen LogP contribution < -0.4 is 10.1 Å². The molecule has 124 valence electrons. The summed E-state index contributed by atoms with van der Waals surface area (Å²) in [5.41, 5.74) is 0.879. The summed E-state index contributed by atoms with van der Waals surface area (Å²) in [6.45, 7) is 2.54. The number of nitrogens with zero attached hydrogens (tertiary/aromatic N) is 1. The lowest BCUT2D eigenvalue weighted by atomic mass is 10.2. The molecular weight excluding hydrogens is 297 g/mol. The van der Waals surface area contributed by atoms with Gasteiger partial charge in [-0.05, 0) is 24.7 Å². The van der Waals surface area contributed by atoms with E-state index in [2.05, 4.69) is 17.3 Å². The number of hydrogen-bond donors (Lipinski definition) is 1. The fourth-order valence-corrected chi connectivity index (χ4v) is 2.28. The number of nitrogens with one attached hydrogen (secondary N) is 1. The fourth-order valence-electron chi connectivity index (χ4n) is 2.28. The minimum absolute atomic E-state index is 0.142. The van der Waals surface area contributed by atoms with E-state index in [1.165, 1.54) is 6.07 Å². The number of hydrogen-bond acceptors (Lipinski definition) is 4. The van der Waals surface area contributed by atoms with Crippen LogP contribution in [0.3, 0.4) is 0 Å². The van der Waals surface area contributed by atoms with E-state index in [0.29, 0.717) is 13.1 Å². The molecule has 0 amide bonds. The summed E-state index contributed by atoms with van der Waals surface area (Å²) in [5.74, 6) is 0.227. The molecule has 1 saturated heterocycles. The minimum atomic E-state index is -4.32. The van der Waals surface area contributed by atoms with Crippen LogP contribution in [-0.4, -0.2) is 57.1 Å². The molecule has 1 aromatic carbocycles. The first-order chi connectivity index (χ1) is 10.4. The Morgan fingerprint density at radius 1 is 1.41 bits per heavy atom. The van der Waals surface area contributed by atoms with Crippen LogP contribution in [0.5, 0.6) is 5.75 Å². The zero-order valence-electron chi connectivity index (χ0n) is 12.5. The van der Waals surface area contributed by atoms with Gasteiger partial charge >= 0.3 is 6.18 Å². The van der Waals surface area contributed by atoms with E-state index in [4.69, 9.17) is 9.47 Å². The van der Waals surface area contributed by atoms with Gasteiger partial charge in [0.05, 0.1) is 12.7 Å². The van der Waals surface area contributed by atoms with Crippen LogP contribution in [0.15, 0.2) is 24.3 Å². The van der Waals surface area contributed by atoms with Crippen molar-refractivity contribution in [3.05, 3.63) is 29.8 Å². The largest absolute Gasteiger partial charge is 0.484 e. The Bertz CT molecular complexity index is 468. The second kappa shape index (κ2) is 7.80. The maximum atomic E-state index is 12.1. The van der Waals surface area contributed by atoms with Crippen LogP contribution in [0.2, 0.25) is 0 Å². The van der Waals surface area contributed by atoms with E-state index < -0.39 is 12.8 Å². The van der Waals surface area contributed by atoms with Gasteiger partial charge in [0.25, 0.3) is 0 Å². The van der Waals surface area contributed by atoms with Crippen molar-refractivity contribution in [1.82, 2.24) is 10.2 Å². The second-order valence-corrected chi connectivity index (χ2v) is 5.44. The van der Waals surface area contributed by atoms with E-state index in [1.54, 1.807) is 12.1 Å². The summed E-state index contributed by atoms with van der Waals surface area (Å²) in [4.78, 5) is 2.21.